The van der Waals surface area contributed by atoms with Gasteiger partial charge in [-0.2, -0.15) is 0 Å². The standard InChI is InChI=1S/C15H29N3O2/c1-14(2,3)20-13(19)18-10-6-5-7-15(18,4)17-11-8-16-9-12-17/h16H,5-12H2,1-4H3. The van der Waals surface area contributed by atoms with Crippen molar-refractivity contribution in [3.63, 3.8) is 0 Å². The number of nitrogens with one attached hydrogen (secondary N) is 1. The Labute approximate surface area is 122 Å². The second-order valence-electron chi connectivity index (χ2n) is 7.04. The Bertz CT molecular complexity index is 348. The van der Waals surface area contributed by atoms with Gasteiger partial charge in [0.2, 0.25) is 0 Å². The smallest absolute Gasteiger partial charge is 0.411 e. The van der Waals surface area contributed by atoms with Gasteiger partial charge in [0.05, 0.1) is 5.66 Å². The first-order valence-corrected chi connectivity index (χ1v) is 7.79. The number of piperazine rings is 1. The molecule has 2 heterocycles. The van der Waals surface area contributed by atoms with Crippen LogP contribution >= 0.6 is 0 Å². The normalized spacial score (nSPS) is 29.3. The molecular weight excluding hydrogens is 254 g/mol. The SMILES string of the molecule is CC(C)(C)OC(=O)N1CCCCC1(C)N1CCNCC1. The van der Waals surface area contributed by atoms with E-state index in [0.717, 1.165) is 45.6 Å². The Morgan fingerprint density at radius 3 is 2.40 bits per heavy atom. The molecule has 2 rings (SSSR count). The summed E-state index contributed by atoms with van der Waals surface area (Å²) < 4.78 is 5.61. The summed E-state index contributed by atoms with van der Waals surface area (Å²) in [6.45, 7) is 12.8. The van der Waals surface area contributed by atoms with E-state index in [0.29, 0.717) is 0 Å². The van der Waals surface area contributed by atoms with Gasteiger partial charge in [0.25, 0.3) is 0 Å². The maximum absolute atomic E-state index is 12.5. The highest BCUT2D eigenvalue weighted by Gasteiger charge is 2.44. The Hall–Kier alpha value is -0.810. The van der Waals surface area contributed by atoms with E-state index in [1.54, 1.807) is 0 Å². The van der Waals surface area contributed by atoms with Gasteiger partial charge < -0.3 is 10.1 Å². The van der Waals surface area contributed by atoms with Crippen LogP contribution in [0.15, 0.2) is 0 Å². The van der Waals surface area contributed by atoms with Gasteiger partial charge >= 0.3 is 6.09 Å². The van der Waals surface area contributed by atoms with Crippen LogP contribution in [0.5, 0.6) is 0 Å². The molecule has 0 spiro atoms. The number of piperidine rings is 1. The van der Waals surface area contributed by atoms with Gasteiger partial charge in [0.15, 0.2) is 0 Å². The first-order chi connectivity index (χ1) is 9.33. The maximum Gasteiger partial charge on any atom is 0.411 e. The predicted octanol–water partition coefficient (Wildman–Crippen LogP) is 2.03. The fraction of sp³-hybridized carbons (Fsp3) is 0.933. The van der Waals surface area contributed by atoms with Gasteiger partial charge in [-0.15, -0.1) is 0 Å². The zero-order valence-corrected chi connectivity index (χ0v) is 13.4. The number of carbonyl (C=O) groups excluding carboxylic acids is 1. The molecule has 1 N–H and O–H groups in total. The first kappa shape index (κ1) is 15.6. The number of amides is 1. The van der Waals surface area contributed by atoms with E-state index in [-0.39, 0.29) is 11.8 Å². The zero-order chi connectivity index (χ0) is 14.8. The van der Waals surface area contributed by atoms with E-state index < -0.39 is 5.60 Å². The molecule has 2 saturated heterocycles. The first-order valence-electron chi connectivity index (χ1n) is 7.79. The Morgan fingerprint density at radius 2 is 1.80 bits per heavy atom. The fourth-order valence-corrected chi connectivity index (χ4v) is 3.19. The maximum atomic E-state index is 12.5. The van der Waals surface area contributed by atoms with Crippen molar-refractivity contribution in [1.82, 2.24) is 15.1 Å². The predicted molar refractivity (Wildman–Crippen MR) is 79.6 cm³/mol. The van der Waals surface area contributed by atoms with Gasteiger partial charge in [-0.05, 0) is 47.0 Å². The molecule has 0 aromatic carbocycles. The third-order valence-electron chi connectivity index (χ3n) is 4.28. The molecule has 0 aromatic rings. The number of hydrogen-bond donors (Lipinski definition) is 1. The number of hydrogen-bond acceptors (Lipinski definition) is 4. The Balaban J connectivity index is 2.13. The van der Waals surface area contributed by atoms with E-state index in [2.05, 4.69) is 17.1 Å². The van der Waals surface area contributed by atoms with Crippen molar-refractivity contribution in [3.05, 3.63) is 0 Å². The second kappa shape index (κ2) is 5.90. The van der Waals surface area contributed by atoms with Crippen LogP contribution < -0.4 is 5.32 Å². The molecule has 0 saturated carbocycles. The van der Waals surface area contributed by atoms with Crippen LogP contribution in [-0.2, 0) is 4.74 Å². The third kappa shape index (κ3) is 3.44. The summed E-state index contributed by atoms with van der Waals surface area (Å²) in [5.41, 5.74) is -0.623. The van der Waals surface area contributed by atoms with Gasteiger partial charge in [-0.1, -0.05) is 0 Å². The number of carbonyl (C=O) groups is 1. The molecule has 0 bridgehead atoms. The lowest BCUT2D eigenvalue weighted by Gasteiger charge is -2.52. The highest BCUT2D eigenvalue weighted by molar-refractivity contribution is 5.69. The van der Waals surface area contributed by atoms with Crippen molar-refractivity contribution in [3.8, 4) is 0 Å². The molecule has 2 aliphatic heterocycles. The molecule has 0 aromatic heterocycles. The molecule has 0 aliphatic carbocycles. The highest BCUT2D eigenvalue weighted by atomic mass is 16.6. The van der Waals surface area contributed by atoms with E-state index in [9.17, 15) is 4.79 Å². The molecule has 2 aliphatic rings. The Kier molecular flexibility index (Phi) is 4.59. The molecule has 1 atom stereocenters. The zero-order valence-electron chi connectivity index (χ0n) is 13.4. The van der Waals surface area contributed by atoms with E-state index in [4.69, 9.17) is 4.74 Å². The van der Waals surface area contributed by atoms with Crippen LogP contribution in [0.25, 0.3) is 0 Å². The second-order valence-corrected chi connectivity index (χ2v) is 7.04. The minimum absolute atomic E-state index is 0.168. The summed E-state index contributed by atoms with van der Waals surface area (Å²) >= 11 is 0. The fourth-order valence-electron chi connectivity index (χ4n) is 3.19. The Morgan fingerprint density at radius 1 is 1.15 bits per heavy atom. The topological polar surface area (TPSA) is 44.8 Å². The lowest BCUT2D eigenvalue weighted by molar-refractivity contribution is -0.0814. The molecule has 1 amide bonds. The van der Waals surface area contributed by atoms with Gasteiger partial charge in [0.1, 0.15) is 5.60 Å². The van der Waals surface area contributed by atoms with E-state index in [1.165, 1.54) is 6.42 Å². The summed E-state index contributed by atoms with van der Waals surface area (Å²) in [6, 6.07) is 0. The third-order valence-corrected chi connectivity index (χ3v) is 4.28. The van der Waals surface area contributed by atoms with Crippen molar-refractivity contribution < 1.29 is 9.53 Å². The molecule has 2 fully saturated rings. The summed E-state index contributed by atoms with van der Waals surface area (Å²) in [4.78, 5) is 16.9. The van der Waals surface area contributed by atoms with Gasteiger partial charge in [-0.3, -0.25) is 9.80 Å². The average molecular weight is 283 g/mol. The monoisotopic (exact) mass is 283 g/mol. The average Bonchev–Trinajstić information content (AvgIpc) is 2.38. The molecule has 116 valence electrons. The molecule has 0 radical (unpaired) electrons. The number of ether oxygens (including phenoxy) is 1. The minimum Gasteiger partial charge on any atom is -0.444 e. The molecule has 5 nitrogen and oxygen atoms in total. The summed E-state index contributed by atoms with van der Waals surface area (Å²) in [5.74, 6) is 0. The van der Waals surface area contributed by atoms with E-state index in [1.807, 2.05) is 25.7 Å². The van der Waals surface area contributed by atoms with Crippen LogP contribution in [0.1, 0.15) is 47.0 Å². The van der Waals surface area contributed by atoms with Crippen molar-refractivity contribution in [2.45, 2.75) is 58.2 Å². The summed E-state index contributed by atoms with van der Waals surface area (Å²) in [7, 11) is 0. The van der Waals surface area contributed by atoms with Crippen LogP contribution in [0.3, 0.4) is 0 Å². The lowest BCUT2D eigenvalue weighted by atomic mass is 9.94. The highest BCUT2D eigenvalue weighted by Crippen LogP contribution is 2.32. The quantitative estimate of drug-likeness (QED) is 0.800. The molecular formula is C15H29N3O2. The summed E-state index contributed by atoms with van der Waals surface area (Å²) in [6.07, 6.45) is 3.12. The molecule has 1 unspecified atom stereocenters. The number of rotatable bonds is 1. The van der Waals surface area contributed by atoms with E-state index >= 15 is 0 Å². The van der Waals surface area contributed by atoms with Crippen LogP contribution in [-0.4, -0.2) is 59.9 Å². The number of likely N-dealkylation sites (tertiary alicyclic amines) is 1. The van der Waals surface area contributed by atoms with Crippen molar-refractivity contribution in [2.75, 3.05) is 32.7 Å². The van der Waals surface area contributed by atoms with Gasteiger partial charge in [-0.25, -0.2) is 4.79 Å². The van der Waals surface area contributed by atoms with Crippen LogP contribution in [0, 0.1) is 0 Å². The molecule has 20 heavy (non-hydrogen) atoms. The summed E-state index contributed by atoms with van der Waals surface area (Å²) in [5, 5.41) is 3.38. The van der Waals surface area contributed by atoms with Gasteiger partial charge in [0, 0.05) is 32.7 Å². The lowest BCUT2D eigenvalue weighted by Crippen LogP contribution is -2.66. The van der Waals surface area contributed by atoms with Crippen LogP contribution in [0.2, 0.25) is 0 Å². The largest absolute Gasteiger partial charge is 0.444 e. The van der Waals surface area contributed by atoms with Crippen molar-refractivity contribution in [2.24, 2.45) is 0 Å². The number of nitrogens with zero attached hydrogens (tertiary/aromatic N) is 2. The minimum atomic E-state index is -0.432. The van der Waals surface area contributed by atoms with Crippen molar-refractivity contribution >= 4 is 6.09 Å². The van der Waals surface area contributed by atoms with Crippen molar-refractivity contribution in [1.29, 1.82) is 0 Å². The molecule has 5 heteroatoms. The van der Waals surface area contributed by atoms with Crippen LogP contribution in [0.4, 0.5) is 4.79 Å².